The third-order valence-corrected chi connectivity index (χ3v) is 2.51. The number of halogens is 4. The number of aromatic nitrogens is 1. The molecule has 8 heteroatoms. The van der Waals surface area contributed by atoms with Gasteiger partial charge in [0.1, 0.15) is 17.0 Å². The van der Waals surface area contributed by atoms with Crippen molar-refractivity contribution in [2.75, 3.05) is 14.2 Å². The third-order valence-electron chi connectivity index (χ3n) is 2.21. The zero-order valence-corrected chi connectivity index (χ0v) is 10.3. The molecule has 0 saturated heterocycles. The summed E-state index contributed by atoms with van der Waals surface area (Å²) < 4.78 is 46.7. The molecule has 0 aliphatic carbocycles. The molecule has 0 aliphatic rings. The molecule has 0 amide bonds. The molecule has 18 heavy (non-hydrogen) atoms. The highest BCUT2D eigenvalue weighted by Crippen LogP contribution is 2.32. The number of aliphatic hydroxyl groups excluding tert-OH is 1. The van der Waals surface area contributed by atoms with E-state index >= 15 is 0 Å². The number of nitrogens with zero attached hydrogens (tertiary/aromatic N) is 1. The maximum absolute atomic E-state index is 12.4. The van der Waals surface area contributed by atoms with E-state index in [-0.39, 0.29) is 5.56 Å². The van der Waals surface area contributed by atoms with Crippen molar-refractivity contribution in [2.45, 2.75) is 18.6 Å². The van der Waals surface area contributed by atoms with Gasteiger partial charge in [0.05, 0.1) is 0 Å². The summed E-state index contributed by atoms with van der Waals surface area (Å²) in [5.41, 5.74) is -1.13. The lowest BCUT2D eigenvalue weighted by atomic mass is 10.1. The molecule has 1 atom stereocenters. The Morgan fingerprint density at radius 3 is 2.22 bits per heavy atom. The van der Waals surface area contributed by atoms with Crippen molar-refractivity contribution < 1.29 is 27.8 Å². The van der Waals surface area contributed by atoms with Crippen LogP contribution in [0.2, 0.25) is 5.15 Å². The predicted octanol–water partition coefficient (Wildman–Crippen LogP) is 2.41. The van der Waals surface area contributed by atoms with Crippen molar-refractivity contribution in [3.63, 3.8) is 0 Å². The van der Waals surface area contributed by atoms with Crippen LogP contribution in [0, 0.1) is 0 Å². The first-order valence-corrected chi connectivity index (χ1v) is 5.16. The molecule has 1 aromatic heterocycles. The van der Waals surface area contributed by atoms with Crippen LogP contribution in [0.4, 0.5) is 13.2 Å². The van der Waals surface area contributed by atoms with E-state index < -0.39 is 29.4 Å². The van der Waals surface area contributed by atoms with Crippen LogP contribution >= 0.6 is 11.6 Å². The van der Waals surface area contributed by atoms with E-state index in [1.807, 2.05) is 0 Å². The van der Waals surface area contributed by atoms with Gasteiger partial charge < -0.3 is 14.6 Å². The first kappa shape index (κ1) is 15.2. The first-order chi connectivity index (χ1) is 8.31. The monoisotopic (exact) mass is 285 g/mol. The Hall–Kier alpha value is -0.890. The Morgan fingerprint density at radius 1 is 1.28 bits per heavy atom. The Labute approximate surface area is 106 Å². The van der Waals surface area contributed by atoms with Gasteiger partial charge in [0, 0.05) is 19.8 Å². The van der Waals surface area contributed by atoms with Crippen LogP contribution in [0.3, 0.4) is 0 Å². The number of hydrogen-bond acceptors (Lipinski definition) is 4. The maximum atomic E-state index is 12.4. The lowest BCUT2D eigenvalue weighted by Crippen LogP contribution is -2.23. The van der Waals surface area contributed by atoms with Crippen LogP contribution < -0.4 is 0 Å². The quantitative estimate of drug-likeness (QED) is 0.682. The van der Waals surface area contributed by atoms with E-state index in [0.29, 0.717) is 0 Å². The molecule has 1 N–H and O–H groups in total. The minimum atomic E-state index is -4.59. The second-order valence-corrected chi connectivity index (χ2v) is 3.72. The summed E-state index contributed by atoms with van der Waals surface area (Å²) in [7, 11) is 2.56. The summed E-state index contributed by atoms with van der Waals surface area (Å²) in [6, 6.07) is 1.76. The molecular formula is C10H11ClF3NO3. The zero-order chi connectivity index (χ0) is 13.9. The van der Waals surface area contributed by atoms with Crippen LogP contribution in [0.15, 0.2) is 12.1 Å². The minimum absolute atomic E-state index is 0.00151. The van der Waals surface area contributed by atoms with Gasteiger partial charge in [-0.3, -0.25) is 0 Å². The van der Waals surface area contributed by atoms with Crippen LogP contribution in [0.25, 0.3) is 0 Å². The predicted molar refractivity (Wildman–Crippen MR) is 57.0 cm³/mol. The van der Waals surface area contributed by atoms with Gasteiger partial charge in [-0.05, 0) is 6.07 Å². The van der Waals surface area contributed by atoms with E-state index in [4.69, 9.17) is 21.1 Å². The fourth-order valence-electron chi connectivity index (χ4n) is 1.32. The van der Waals surface area contributed by atoms with Gasteiger partial charge in [0.15, 0.2) is 6.29 Å². The van der Waals surface area contributed by atoms with Crippen LogP contribution in [-0.4, -0.2) is 30.6 Å². The summed E-state index contributed by atoms with van der Waals surface area (Å²) in [5.74, 6) is 0. The van der Waals surface area contributed by atoms with Gasteiger partial charge in [-0.15, -0.1) is 0 Å². The SMILES string of the molecule is COC(OC)C(O)c1ccc(C(F)(F)F)nc1Cl. The normalized spacial score (nSPS) is 14.0. The molecule has 0 spiro atoms. The van der Waals surface area contributed by atoms with E-state index in [0.717, 1.165) is 12.1 Å². The maximum Gasteiger partial charge on any atom is 0.433 e. The van der Waals surface area contributed by atoms with Crippen molar-refractivity contribution in [1.82, 2.24) is 4.98 Å². The molecule has 4 nitrogen and oxygen atoms in total. The van der Waals surface area contributed by atoms with Gasteiger partial charge in [-0.1, -0.05) is 17.7 Å². The average Bonchev–Trinajstić information content (AvgIpc) is 2.29. The van der Waals surface area contributed by atoms with Gasteiger partial charge in [-0.2, -0.15) is 13.2 Å². The smallest absolute Gasteiger partial charge is 0.383 e. The van der Waals surface area contributed by atoms with Crippen molar-refractivity contribution in [3.8, 4) is 0 Å². The lowest BCUT2D eigenvalue weighted by molar-refractivity contribution is -0.166. The Morgan fingerprint density at radius 2 is 1.83 bits per heavy atom. The topological polar surface area (TPSA) is 51.6 Å². The number of pyridine rings is 1. The minimum Gasteiger partial charge on any atom is -0.383 e. The number of rotatable bonds is 4. The molecule has 102 valence electrons. The summed E-state index contributed by atoms with van der Waals surface area (Å²) in [6.07, 6.45) is -6.96. The Kier molecular flexibility index (Phi) is 4.92. The van der Waals surface area contributed by atoms with E-state index in [2.05, 4.69) is 4.98 Å². The van der Waals surface area contributed by atoms with Crippen LogP contribution in [0.5, 0.6) is 0 Å². The fraction of sp³-hybridized carbons (Fsp3) is 0.500. The molecule has 1 rings (SSSR count). The number of methoxy groups -OCH3 is 2. The van der Waals surface area contributed by atoms with Crippen LogP contribution in [0.1, 0.15) is 17.4 Å². The van der Waals surface area contributed by atoms with Gasteiger partial charge in [-0.25, -0.2) is 4.98 Å². The van der Waals surface area contributed by atoms with Gasteiger partial charge >= 0.3 is 6.18 Å². The molecule has 0 saturated carbocycles. The number of hydrogen-bond donors (Lipinski definition) is 1. The standard InChI is InChI=1S/C10H11ClF3NO3/c1-17-9(18-2)7(16)5-3-4-6(10(12,13)14)15-8(5)11/h3-4,7,9,16H,1-2H3. The molecule has 0 bridgehead atoms. The summed E-state index contributed by atoms with van der Waals surface area (Å²) in [5, 5.41) is 9.35. The van der Waals surface area contributed by atoms with Crippen molar-refractivity contribution >= 4 is 11.6 Å². The third kappa shape index (κ3) is 3.32. The molecule has 0 radical (unpaired) electrons. The molecule has 1 aromatic rings. The lowest BCUT2D eigenvalue weighted by Gasteiger charge is -2.21. The van der Waals surface area contributed by atoms with E-state index in [1.54, 1.807) is 0 Å². The van der Waals surface area contributed by atoms with Crippen molar-refractivity contribution in [3.05, 3.63) is 28.5 Å². The summed E-state index contributed by atoms with van der Waals surface area (Å²) in [4.78, 5) is 3.19. The number of alkyl halides is 3. The largest absolute Gasteiger partial charge is 0.433 e. The van der Waals surface area contributed by atoms with Gasteiger partial charge in [0.2, 0.25) is 0 Å². The highest BCUT2D eigenvalue weighted by Gasteiger charge is 2.34. The van der Waals surface area contributed by atoms with Crippen LogP contribution in [-0.2, 0) is 15.7 Å². The summed E-state index contributed by atoms with van der Waals surface area (Å²) in [6.45, 7) is 0. The summed E-state index contributed by atoms with van der Waals surface area (Å²) >= 11 is 5.61. The Bertz CT molecular complexity index is 410. The first-order valence-electron chi connectivity index (χ1n) is 4.78. The number of aliphatic hydroxyl groups is 1. The zero-order valence-electron chi connectivity index (χ0n) is 9.53. The highest BCUT2D eigenvalue weighted by atomic mass is 35.5. The fourth-order valence-corrected chi connectivity index (χ4v) is 1.59. The highest BCUT2D eigenvalue weighted by molar-refractivity contribution is 6.30. The van der Waals surface area contributed by atoms with Crippen molar-refractivity contribution in [1.29, 1.82) is 0 Å². The van der Waals surface area contributed by atoms with Gasteiger partial charge in [0.25, 0.3) is 0 Å². The molecule has 1 unspecified atom stereocenters. The van der Waals surface area contributed by atoms with E-state index in [1.165, 1.54) is 14.2 Å². The molecular weight excluding hydrogens is 275 g/mol. The molecule has 1 heterocycles. The molecule has 0 fully saturated rings. The Balaban J connectivity index is 3.06. The second kappa shape index (κ2) is 5.83. The van der Waals surface area contributed by atoms with E-state index in [9.17, 15) is 18.3 Å². The molecule has 0 aliphatic heterocycles. The van der Waals surface area contributed by atoms with Crippen molar-refractivity contribution in [2.24, 2.45) is 0 Å². The number of ether oxygens (including phenoxy) is 2. The molecule has 0 aromatic carbocycles. The second-order valence-electron chi connectivity index (χ2n) is 3.36. The average molecular weight is 286 g/mol.